The largest absolute Gasteiger partial charge is 0.423 e. The van der Waals surface area contributed by atoms with Crippen LogP contribution in [0.25, 0.3) is 0 Å². The van der Waals surface area contributed by atoms with Crippen molar-refractivity contribution in [2.45, 2.75) is 63.0 Å². The van der Waals surface area contributed by atoms with Gasteiger partial charge in [0.15, 0.2) is 0 Å². The molecule has 0 amide bonds. The standard InChI is InChI=1S/C18H25N3OS/c1-13(18-21-20-14(2)22-18)19-16-8-6-7-15(11-16)12-23-17-9-4-3-5-10-17/h6-8,11,13,17,19H,3-5,9-10,12H2,1-2H3. The summed E-state index contributed by atoms with van der Waals surface area (Å²) in [5.41, 5.74) is 2.48. The fraction of sp³-hybridized carbons (Fsp3) is 0.556. The van der Waals surface area contributed by atoms with Crippen LogP contribution in [-0.2, 0) is 5.75 Å². The maximum atomic E-state index is 5.49. The highest BCUT2D eigenvalue weighted by Gasteiger charge is 2.14. The molecular weight excluding hydrogens is 306 g/mol. The summed E-state index contributed by atoms with van der Waals surface area (Å²) >= 11 is 2.11. The van der Waals surface area contributed by atoms with Crippen LogP contribution in [0, 0.1) is 6.92 Å². The van der Waals surface area contributed by atoms with Gasteiger partial charge in [0.1, 0.15) is 6.04 Å². The van der Waals surface area contributed by atoms with Crippen molar-refractivity contribution in [2.75, 3.05) is 5.32 Å². The fourth-order valence-electron chi connectivity index (χ4n) is 3.00. The second-order valence-corrected chi connectivity index (χ2v) is 7.59. The predicted octanol–water partition coefficient (Wildman–Crippen LogP) is 5.12. The first-order valence-electron chi connectivity index (χ1n) is 8.48. The van der Waals surface area contributed by atoms with Crippen LogP contribution in [0.1, 0.15) is 62.4 Å². The van der Waals surface area contributed by atoms with Gasteiger partial charge in [-0.05, 0) is 37.5 Å². The molecule has 1 atom stereocenters. The van der Waals surface area contributed by atoms with E-state index in [1.54, 1.807) is 0 Å². The molecular formula is C18H25N3OS. The Hall–Kier alpha value is -1.49. The highest BCUT2D eigenvalue weighted by atomic mass is 32.2. The number of benzene rings is 1. The summed E-state index contributed by atoms with van der Waals surface area (Å²) in [4.78, 5) is 0. The smallest absolute Gasteiger partial charge is 0.238 e. The number of thioether (sulfide) groups is 1. The molecule has 1 saturated carbocycles. The number of rotatable bonds is 6. The van der Waals surface area contributed by atoms with Gasteiger partial charge in [-0.2, -0.15) is 11.8 Å². The van der Waals surface area contributed by atoms with E-state index in [2.05, 4.69) is 51.5 Å². The predicted molar refractivity (Wildman–Crippen MR) is 95.7 cm³/mol. The van der Waals surface area contributed by atoms with Gasteiger partial charge in [-0.15, -0.1) is 10.2 Å². The van der Waals surface area contributed by atoms with E-state index in [1.807, 2.05) is 13.8 Å². The molecule has 1 aromatic heterocycles. The molecule has 0 saturated heterocycles. The van der Waals surface area contributed by atoms with Crippen LogP contribution in [-0.4, -0.2) is 15.4 Å². The van der Waals surface area contributed by atoms with Crippen molar-refractivity contribution in [2.24, 2.45) is 0 Å². The fourth-order valence-corrected chi connectivity index (χ4v) is 4.27. The minimum absolute atomic E-state index is 0.0115. The maximum Gasteiger partial charge on any atom is 0.238 e. The van der Waals surface area contributed by atoms with Crippen molar-refractivity contribution < 1.29 is 4.42 Å². The monoisotopic (exact) mass is 331 g/mol. The Balaban J connectivity index is 1.56. The number of nitrogens with zero attached hydrogens (tertiary/aromatic N) is 2. The van der Waals surface area contributed by atoms with Gasteiger partial charge in [0.2, 0.25) is 11.8 Å². The van der Waals surface area contributed by atoms with E-state index in [1.165, 1.54) is 37.7 Å². The van der Waals surface area contributed by atoms with Gasteiger partial charge in [0, 0.05) is 23.6 Å². The van der Waals surface area contributed by atoms with E-state index in [0.717, 1.165) is 16.7 Å². The lowest BCUT2D eigenvalue weighted by atomic mass is 10.0. The third-order valence-corrected chi connectivity index (χ3v) is 5.70. The Morgan fingerprint density at radius 3 is 2.83 bits per heavy atom. The first kappa shape index (κ1) is 16.4. The maximum absolute atomic E-state index is 5.49. The zero-order valence-electron chi connectivity index (χ0n) is 13.9. The Morgan fingerprint density at radius 2 is 2.09 bits per heavy atom. The van der Waals surface area contributed by atoms with Gasteiger partial charge in [-0.3, -0.25) is 0 Å². The Kier molecular flexibility index (Phi) is 5.60. The van der Waals surface area contributed by atoms with Gasteiger partial charge >= 0.3 is 0 Å². The van der Waals surface area contributed by atoms with Crippen LogP contribution >= 0.6 is 11.8 Å². The lowest BCUT2D eigenvalue weighted by Crippen LogP contribution is -2.09. The summed E-state index contributed by atoms with van der Waals surface area (Å²) in [6, 6.07) is 8.66. The summed E-state index contributed by atoms with van der Waals surface area (Å²) < 4.78 is 5.49. The molecule has 1 aliphatic rings. The Labute approximate surface area is 142 Å². The first-order valence-corrected chi connectivity index (χ1v) is 9.52. The van der Waals surface area contributed by atoms with Gasteiger partial charge in [-0.25, -0.2) is 0 Å². The molecule has 23 heavy (non-hydrogen) atoms. The molecule has 1 N–H and O–H groups in total. The van der Waals surface area contributed by atoms with Gasteiger partial charge in [-0.1, -0.05) is 31.4 Å². The zero-order chi connectivity index (χ0) is 16.1. The quantitative estimate of drug-likeness (QED) is 0.796. The van der Waals surface area contributed by atoms with Crippen LogP contribution in [0.2, 0.25) is 0 Å². The molecule has 1 aliphatic carbocycles. The van der Waals surface area contributed by atoms with Crippen LogP contribution in [0.5, 0.6) is 0 Å². The van der Waals surface area contributed by atoms with Crippen molar-refractivity contribution in [1.29, 1.82) is 0 Å². The van der Waals surface area contributed by atoms with Crippen molar-refractivity contribution in [3.63, 3.8) is 0 Å². The van der Waals surface area contributed by atoms with Gasteiger partial charge in [0.05, 0.1) is 0 Å². The van der Waals surface area contributed by atoms with E-state index >= 15 is 0 Å². The van der Waals surface area contributed by atoms with E-state index in [-0.39, 0.29) is 6.04 Å². The first-order chi connectivity index (χ1) is 11.2. The van der Waals surface area contributed by atoms with E-state index in [0.29, 0.717) is 11.8 Å². The van der Waals surface area contributed by atoms with Crippen LogP contribution in [0.4, 0.5) is 5.69 Å². The highest BCUT2D eigenvalue weighted by Crippen LogP contribution is 2.31. The normalized spacial score (nSPS) is 17.1. The third kappa shape index (κ3) is 4.74. The molecule has 2 aromatic rings. The van der Waals surface area contributed by atoms with Crippen LogP contribution in [0.15, 0.2) is 28.7 Å². The summed E-state index contributed by atoms with van der Waals surface area (Å²) in [5, 5.41) is 12.3. The van der Waals surface area contributed by atoms with E-state index < -0.39 is 0 Å². The number of hydrogen-bond donors (Lipinski definition) is 1. The number of anilines is 1. The molecule has 1 unspecified atom stereocenters. The molecule has 1 aromatic carbocycles. The van der Waals surface area contributed by atoms with Crippen molar-refractivity contribution in [3.05, 3.63) is 41.6 Å². The summed E-state index contributed by atoms with van der Waals surface area (Å²) in [6.45, 7) is 3.85. The second-order valence-electron chi connectivity index (χ2n) is 6.30. The molecule has 0 bridgehead atoms. The number of aryl methyl sites for hydroxylation is 1. The molecule has 0 spiro atoms. The topological polar surface area (TPSA) is 51.0 Å². The molecule has 0 aliphatic heterocycles. The molecule has 124 valence electrons. The average Bonchev–Trinajstić information content (AvgIpc) is 3.01. The SMILES string of the molecule is Cc1nnc(C(C)Nc2cccc(CSC3CCCCC3)c2)o1. The van der Waals surface area contributed by atoms with E-state index in [9.17, 15) is 0 Å². The lowest BCUT2D eigenvalue weighted by Gasteiger charge is -2.21. The molecule has 4 nitrogen and oxygen atoms in total. The number of aromatic nitrogens is 2. The minimum Gasteiger partial charge on any atom is -0.423 e. The third-order valence-electron chi connectivity index (χ3n) is 4.26. The lowest BCUT2D eigenvalue weighted by molar-refractivity contribution is 0.451. The molecule has 5 heteroatoms. The summed E-state index contributed by atoms with van der Waals surface area (Å²) in [5.74, 6) is 2.32. The van der Waals surface area contributed by atoms with Gasteiger partial charge in [0.25, 0.3) is 0 Å². The number of hydrogen-bond acceptors (Lipinski definition) is 5. The van der Waals surface area contributed by atoms with Crippen molar-refractivity contribution in [1.82, 2.24) is 10.2 Å². The highest BCUT2D eigenvalue weighted by molar-refractivity contribution is 7.99. The van der Waals surface area contributed by atoms with Crippen molar-refractivity contribution in [3.8, 4) is 0 Å². The number of nitrogens with one attached hydrogen (secondary N) is 1. The van der Waals surface area contributed by atoms with Crippen molar-refractivity contribution >= 4 is 17.4 Å². The van der Waals surface area contributed by atoms with Crippen LogP contribution < -0.4 is 5.32 Å². The second kappa shape index (κ2) is 7.86. The van der Waals surface area contributed by atoms with Gasteiger partial charge < -0.3 is 9.73 Å². The molecule has 0 radical (unpaired) electrons. The molecule has 3 rings (SSSR count). The summed E-state index contributed by atoms with van der Waals surface area (Å²) in [7, 11) is 0. The summed E-state index contributed by atoms with van der Waals surface area (Å²) in [6.07, 6.45) is 7.00. The van der Waals surface area contributed by atoms with E-state index in [4.69, 9.17) is 4.42 Å². The molecule has 1 fully saturated rings. The average molecular weight is 331 g/mol. The Bertz CT molecular complexity index is 622. The zero-order valence-corrected chi connectivity index (χ0v) is 14.7. The molecule has 1 heterocycles. The minimum atomic E-state index is 0.0115. The Morgan fingerprint density at radius 1 is 1.26 bits per heavy atom. The van der Waals surface area contributed by atoms with Crippen LogP contribution in [0.3, 0.4) is 0 Å².